The average Bonchev–Trinajstić information content (AvgIpc) is 2.48. The number of anilines is 1. The van der Waals surface area contributed by atoms with Crippen molar-refractivity contribution in [2.75, 3.05) is 18.5 Å². The lowest BCUT2D eigenvalue weighted by Crippen LogP contribution is -2.46. The summed E-state index contributed by atoms with van der Waals surface area (Å²) >= 11 is 8.24. The summed E-state index contributed by atoms with van der Waals surface area (Å²) in [6.45, 7) is 4.99. The maximum Gasteiger partial charge on any atom is 0.413 e. The molecule has 0 aliphatic carbocycles. The van der Waals surface area contributed by atoms with Crippen LogP contribution < -0.4 is 16.0 Å². The number of aliphatic hydroxyl groups is 1. The van der Waals surface area contributed by atoms with Crippen LogP contribution in [0.2, 0.25) is 0 Å². The van der Waals surface area contributed by atoms with Gasteiger partial charge in [-0.1, -0.05) is 0 Å². The highest BCUT2D eigenvalue weighted by molar-refractivity contribution is 9.10. The molecule has 10 heteroatoms. The monoisotopic (exact) mass is 418 g/mol. The number of halogens is 1. The van der Waals surface area contributed by atoms with E-state index in [2.05, 4.69) is 36.9 Å². The Morgan fingerprint density at radius 1 is 1.46 bits per heavy atom. The molecule has 0 aromatic carbocycles. The second-order valence-electron chi connectivity index (χ2n) is 5.35. The molecule has 0 unspecified atom stereocenters. The van der Waals surface area contributed by atoms with Gasteiger partial charge in [0, 0.05) is 10.7 Å². The van der Waals surface area contributed by atoms with E-state index in [4.69, 9.17) is 17.0 Å². The van der Waals surface area contributed by atoms with Crippen LogP contribution in [-0.2, 0) is 4.74 Å². The summed E-state index contributed by atoms with van der Waals surface area (Å²) in [5, 5.41) is 16.9. The van der Waals surface area contributed by atoms with Crippen LogP contribution >= 0.6 is 28.1 Å². The van der Waals surface area contributed by atoms with E-state index >= 15 is 0 Å². The standard InChI is InChI=1S/C14H19BrN4O4S/c1-4-23-13(22)18-12(24)17-10-9(5-8(15)6-16-10)11(21)19-14(2,3)7-20/h5-6,20H,4,7H2,1-3H3,(H,19,21)(H2,16,17,18,22,24). The fourth-order valence-electron chi connectivity index (χ4n) is 1.52. The van der Waals surface area contributed by atoms with Crippen LogP contribution in [0.15, 0.2) is 16.7 Å². The van der Waals surface area contributed by atoms with Crippen LogP contribution in [-0.4, -0.2) is 46.0 Å². The predicted octanol–water partition coefficient (Wildman–Crippen LogP) is 1.79. The number of carbonyl (C=O) groups excluding carboxylic acids is 2. The SMILES string of the molecule is CCOC(=O)NC(=S)Nc1ncc(Br)cc1C(=O)NC(C)(C)CO. The molecule has 8 nitrogen and oxygen atoms in total. The average molecular weight is 419 g/mol. The van der Waals surface area contributed by atoms with Gasteiger partial charge in [0.15, 0.2) is 5.11 Å². The molecule has 0 bridgehead atoms. The number of hydrogen-bond acceptors (Lipinski definition) is 6. The second-order valence-corrected chi connectivity index (χ2v) is 6.67. The fourth-order valence-corrected chi connectivity index (χ4v) is 2.04. The van der Waals surface area contributed by atoms with Crippen molar-refractivity contribution in [2.24, 2.45) is 0 Å². The van der Waals surface area contributed by atoms with Crippen LogP contribution in [0.5, 0.6) is 0 Å². The molecule has 1 aromatic heterocycles. The molecule has 0 radical (unpaired) electrons. The Labute approximate surface area is 153 Å². The summed E-state index contributed by atoms with van der Waals surface area (Å²) in [6, 6.07) is 1.55. The predicted molar refractivity (Wildman–Crippen MR) is 96.9 cm³/mol. The van der Waals surface area contributed by atoms with Gasteiger partial charge >= 0.3 is 6.09 Å². The number of aromatic nitrogens is 1. The van der Waals surface area contributed by atoms with Crippen molar-refractivity contribution >= 4 is 51.1 Å². The summed E-state index contributed by atoms with van der Waals surface area (Å²) in [5.41, 5.74) is -0.612. The van der Waals surface area contributed by atoms with Gasteiger partial charge in [0.1, 0.15) is 5.82 Å². The summed E-state index contributed by atoms with van der Waals surface area (Å²) in [7, 11) is 0. The van der Waals surface area contributed by atoms with Gasteiger partial charge in [0.2, 0.25) is 0 Å². The Hall–Kier alpha value is -1.78. The highest BCUT2D eigenvalue weighted by Crippen LogP contribution is 2.19. The number of hydrogen-bond donors (Lipinski definition) is 4. The Morgan fingerprint density at radius 2 is 2.12 bits per heavy atom. The van der Waals surface area contributed by atoms with E-state index in [-0.39, 0.29) is 29.7 Å². The number of aliphatic hydroxyl groups excluding tert-OH is 1. The minimum Gasteiger partial charge on any atom is -0.450 e. The van der Waals surface area contributed by atoms with Gasteiger partial charge in [-0.2, -0.15) is 0 Å². The van der Waals surface area contributed by atoms with Crippen molar-refractivity contribution in [1.29, 1.82) is 0 Å². The van der Waals surface area contributed by atoms with Crippen molar-refractivity contribution in [3.63, 3.8) is 0 Å². The molecular formula is C14H19BrN4O4S. The number of alkyl carbamates (subject to hydrolysis) is 1. The molecule has 1 heterocycles. The molecule has 0 aliphatic heterocycles. The molecule has 0 spiro atoms. The zero-order valence-electron chi connectivity index (χ0n) is 13.5. The molecule has 1 rings (SSSR count). The van der Waals surface area contributed by atoms with Gasteiger partial charge in [-0.15, -0.1) is 0 Å². The van der Waals surface area contributed by atoms with Crippen LogP contribution in [0.25, 0.3) is 0 Å². The number of amides is 2. The third-order valence-corrected chi connectivity index (χ3v) is 3.31. The molecule has 4 N–H and O–H groups in total. The van der Waals surface area contributed by atoms with Crippen LogP contribution in [0.3, 0.4) is 0 Å². The zero-order chi connectivity index (χ0) is 18.3. The van der Waals surface area contributed by atoms with Crippen LogP contribution in [0.1, 0.15) is 31.1 Å². The molecule has 2 amide bonds. The topological polar surface area (TPSA) is 113 Å². The summed E-state index contributed by atoms with van der Waals surface area (Å²) in [6.07, 6.45) is 0.767. The molecule has 0 fully saturated rings. The van der Waals surface area contributed by atoms with Crippen molar-refractivity contribution in [2.45, 2.75) is 26.3 Å². The van der Waals surface area contributed by atoms with E-state index in [9.17, 15) is 14.7 Å². The first-order chi connectivity index (χ1) is 11.2. The number of thiocarbonyl (C=S) groups is 1. The molecule has 0 atom stereocenters. The Kier molecular flexibility index (Phi) is 7.52. The summed E-state index contributed by atoms with van der Waals surface area (Å²) in [5.74, 6) is -0.296. The molecule has 132 valence electrons. The van der Waals surface area contributed by atoms with Gasteiger partial charge in [-0.05, 0) is 55.0 Å². The van der Waals surface area contributed by atoms with Crippen LogP contribution in [0, 0.1) is 0 Å². The van der Waals surface area contributed by atoms with Gasteiger partial charge < -0.3 is 20.5 Å². The van der Waals surface area contributed by atoms with E-state index in [1.54, 1.807) is 26.8 Å². The quantitative estimate of drug-likeness (QED) is 0.539. The first-order valence-corrected chi connectivity index (χ1v) is 8.22. The van der Waals surface area contributed by atoms with Gasteiger partial charge in [0.25, 0.3) is 5.91 Å². The molecule has 0 saturated heterocycles. The highest BCUT2D eigenvalue weighted by Gasteiger charge is 2.23. The number of ether oxygens (including phenoxy) is 1. The van der Waals surface area contributed by atoms with Crippen molar-refractivity contribution < 1.29 is 19.4 Å². The molecule has 1 aromatic rings. The van der Waals surface area contributed by atoms with Crippen LogP contribution in [0.4, 0.5) is 10.6 Å². The Bertz CT molecular complexity index is 639. The molecular weight excluding hydrogens is 400 g/mol. The molecule has 0 saturated carbocycles. The number of pyridine rings is 1. The largest absolute Gasteiger partial charge is 0.450 e. The number of carbonyl (C=O) groups is 2. The first-order valence-electron chi connectivity index (χ1n) is 7.02. The fraction of sp³-hybridized carbons (Fsp3) is 0.429. The van der Waals surface area contributed by atoms with Crippen molar-refractivity contribution in [3.05, 3.63) is 22.3 Å². The smallest absolute Gasteiger partial charge is 0.413 e. The summed E-state index contributed by atoms with van der Waals surface area (Å²) < 4.78 is 5.30. The maximum atomic E-state index is 12.4. The van der Waals surface area contributed by atoms with E-state index < -0.39 is 17.5 Å². The lowest BCUT2D eigenvalue weighted by atomic mass is 10.1. The van der Waals surface area contributed by atoms with Crippen molar-refractivity contribution in [3.8, 4) is 0 Å². The second kappa shape index (κ2) is 8.90. The Morgan fingerprint density at radius 3 is 2.71 bits per heavy atom. The van der Waals surface area contributed by atoms with E-state index in [0.29, 0.717) is 4.47 Å². The van der Waals surface area contributed by atoms with Crippen molar-refractivity contribution in [1.82, 2.24) is 15.6 Å². The van der Waals surface area contributed by atoms with E-state index in [1.807, 2.05) is 0 Å². The molecule has 0 aliphatic rings. The first kappa shape index (κ1) is 20.3. The third-order valence-electron chi connectivity index (χ3n) is 2.67. The van der Waals surface area contributed by atoms with Gasteiger partial charge in [-0.3, -0.25) is 10.1 Å². The third kappa shape index (κ3) is 6.38. The number of nitrogens with zero attached hydrogens (tertiary/aromatic N) is 1. The van der Waals surface area contributed by atoms with Gasteiger partial charge in [-0.25, -0.2) is 9.78 Å². The molecule has 24 heavy (non-hydrogen) atoms. The number of rotatable bonds is 5. The van der Waals surface area contributed by atoms with Gasteiger partial charge in [0.05, 0.1) is 24.3 Å². The zero-order valence-corrected chi connectivity index (χ0v) is 15.9. The minimum atomic E-state index is -0.805. The van der Waals surface area contributed by atoms with E-state index in [1.165, 1.54) is 6.20 Å². The Balaban J connectivity index is 2.94. The lowest BCUT2D eigenvalue weighted by molar-refractivity contribution is 0.0870. The maximum absolute atomic E-state index is 12.4. The minimum absolute atomic E-state index is 0.0567. The summed E-state index contributed by atoms with van der Waals surface area (Å²) in [4.78, 5) is 27.9. The number of nitrogens with one attached hydrogen (secondary N) is 3. The lowest BCUT2D eigenvalue weighted by Gasteiger charge is -2.24. The normalized spacial score (nSPS) is 10.7. The van der Waals surface area contributed by atoms with E-state index in [0.717, 1.165) is 0 Å². The highest BCUT2D eigenvalue weighted by atomic mass is 79.9.